The van der Waals surface area contributed by atoms with Gasteiger partial charge in [0.2, 0.25) is 0 Å². The van der Waals surface area contributed by atoms with Crippen LogP contribution in [0.4, 0.5) is 8.78 Å². The van der Waals surface area contributed by atoms with E-state index in [-0.39, 0.29) is 10.8 Å². The SMILES string of the molecule is Fc1ccc(Oc2c(F)cccc2CNC2CC2)cc1Cl. The van der Waals surface area contributed by atoms with Gasteiger partial charge in [-0.25, -0.2) is 8.78 Å². The molecule has 1 aliphatic rings. The van der Waals surface area contributed by atoms with E-state index >= 15 is 0 Å². The topological polar surface area (TPSA) is 21.3 Å². The van der Waals surface area contributed by atoms with Crippen molar-refractivity contribution in [2.24, 2.45) is 0 Å². The van der Waals surface area contributed by atoms with Crippen molar-refractivity contribution in [2.45, 2.75) is 25.4 Å². The molecule has 2 aromatic rings. The minimum absolute atomic E-state index is 0.0542. The van der Waals surface area contributed by atoms with Crippen molar-refractivity contribution >= 4 is 11.6 Å². The Morgan fingerprint density at radius 2 is 1.95 bits per heavy atom. The largest absolute Gasteiger partial charge is 0.454 e. The van der Waals surface area contributed by atoms with E-state index in [1.54, 1.807) is 12.1 Å². The van der Waals surface area contributed by atoms with E-state index < -0.39 is 11.6 Å². The van der Waals surface area contributed by atoms with Gasteiger partial charge in [0.1, 0.15) is 11.6 Å². The lowest BCUT2D eigenvalue weighted by atomic mass is 10.2. The average molecular weight is 310 g/mol. The van der Waals surface area contributed by atoms with Crippen molar-refractivity contribution in [3.63, 3.8) is 0 Å². The van der Waals surface area contributed by atoms with Gasteiger partial charge in [-0.05, 0) is 31.0 Å². The summed E-state index contributed by atoms with van der Waals surface area (Å²) in [6.07, 6.45) is 2.30. The first-order valence-electron chi connectivity index (χ1n) is 6.77. The fourth-order valence-corrected chi connectivity index (χ4v) is 2.18. The molecule has 2 nitrogen and oxygen atoms in total. The van der Waals surface area contributed by atoms with Crippen molar-refractivity contribution in [1.82, 2.24) is 5.32 Å². The highest BCUT2D eigenvalue weighted by molar-refractivity contribution is 6.30. The molecule has 0 saturated heterocycles. The zero-order chi connectivity index (χ0) is 14.8. The molecule has 1 saturated carbocycles. The van der Waals surface area contributed by atoms with Gasteiger partial charge < -0.3 is 10.1 Å². The number of para-hydroxylation sites is 1. The van der Waals surface area contributed by atoms with Crippen LogP contribution >= 0.6 is 11.6 Å². The Labute approximate surface area is 126 Å². The van der Waals surface area contributed by atoms with Crippen molar-refractivity contribution < 1.29 is 13.5 Å². The highest BCUT2D eigenvalue weighted by atomic mass is 35.5. The Kier molecular flexibility index (Phi) is 4.08. The van der Waals surface area contributed by atoms with Crippen molar-refractivity contribution in [3.05, 3.63) is 58.6 Å². The quantitative estimate of drug-likeness (QED) is 0.867. The summed E-state index contributed by atoms with van der Waals surface area (Å²) in [5.74, 6) is -0.536. The molecule has 0 radical (unpaired) electrons. The maximum atomic E-state index is 14.0. The van der Waals surface area contributed by atoms with Gasteiger partial charge >= 0.3 is 0 Å². The Bertz CT molecular complexity index is 659. The molecule has 0 unspecified atom stereocenters. The Morgan fingerprint density at radius 3 is 2.67 bits per heavy atom. The van der Waals surface area contributed by atoms with E-state index in [1.165, 1.54) is 24.3 Å². The standard InChI is InChI=1S/C16H14ClF2NO/c17-13-8-12(6-7-14(13)18)21-16-10(2-1-3-15(16)19)9-20-11-4-5-11/h1-3,6-8,11,20H,4-5,9H2. The lowest BCUT2D eigenvalue weighted by Gasteiger charge is -2.13. The average Bonchev–Trinajstić information content (AvgIpc) is 3.28. The number of halogens is 3. The van der Waals surface area contributed by atoms with E-state index in [0.717, 1.165) is 18.4 Å². The summed E-state index contributed by atoms with van der Waals surface area (Å²) in [6, 6.07) is 9.25. The molecule has 21 heavy (non-hydrogen) atoms. The summed E-state index contributed by atoms with van der Waals surface area (Å²) in [7, 11) is 0. The summed E-state index contributed by atoms with van der Waals surface area (Å²) >= 11 is 5.71. The van der Waals surface area contributed by atoms with Gasteiger partial charge in [-0.2, -0.15) is 0 Å². The van der Waals surface area contributed by atoms with Crippen LogP contribution in [0.5, 0.6) is 11.5 Å². The molecule has 0 spiro atoms. The molecule has 5 heteroatoms. The Balaban J connectivity index is 1.83. The fraction of sp³-hybridized carbons (Fsp3) is 0.250. The lowest BCUT2D eigenvalue weighted by molar-refractivity contribution is 0.432. The molecule has 3 rings (SSSR count). The number of nitrogens with one attached hydrogen (secondary N) is 1. The molecular weight excluding hydrogens is 296 g/mol. The van der Waals surface area contributed by atoms with Crippen LogP contribution in [-0.4, -0.2) is 6.04 Å². The third kappa shape index (κ3) is 3.52. The molecule has 0 aromatic heterocycles. The molecule has 110 valence electrons. The van der Waals surface area contributed by atoms with E-state index in [4.69, 9.17) is 16.3 Å². The van der Waals surface area contributed by atoms with Crippen LogP contribution in [0.15, 0.2) is 36.4 Å². The van der Waals surface area contributed by atoms with Crippen LogP contribution < -0.4 is 10.1 Å². The molecule has 1 fully saturated rings. The minimum atomic E-state index is -0.534. The summed E-state index contributed by atoms with van der Waals surface area (Å²) in [5.41, 5.74) is 0.724. The van der Waals surface area contributed by atoms with Crippen LogP contribution in [0.3, 0.4) is 0 Å². The minimum Gasteiger partial charge on any atom is -0.454 e. The Hall–Kier alpha value is -1.65. The normalized spacial score (nSPS) is 14.2. The predicted octanol–water partition coefficient (Wildman–Crippen LogP) is 4.66. The summed E-state index contributed by atoms with van der Waals surface area (Å²) in [4.78, 5) is 0. The number of rotatable bonds is 5. The first kappa shape index (κ1) is 14.3. The zero-order valence-electron chi connectivity index (χ0n) is 11.2. The number of benzene rings is 2. The molecule has 1 N–H and O–H groups in total. The first-order valence-corrected chi connectivity index (χ1v) is 7.15. The second-order valence-electron chi connectivity index (χ2n) is 5.06. The van der Waals surface area contributed by atoms with E-state index in [9.17, 15) is 8.78 Å². The third-order valence-electron chi connectivity index (χ3n) is 3.32. The first-order chi connectivity index (χ1) is 10.1. The zero-order valence-corrected chi connectivity index (χ0v) is 12.0. The molecule has 0 heterocycles. The number of hydrogen-bond donors (Lipinski definition) is 1. The predicted molar refractivity (Wildman–Crippen MR) is 77.7 cm³/mol. The highest BCUT2D eigenvalue weighted by Crippen LogP contribution is 2.31. The molecule has 0 amide bonds. The van der Waals surface area contributed by atoms with Crippen molar-refractivity contribution in [1.29, 1.82) is 0 Å². The second-order valence-corrected chi connectivity index (χ2v) is 5.47. The maximum absolute atomic E-state index is 14.0. The monoisotopic (exact) mass is 309 g/mol. The van der Waals surface area contributed by atoms with Crippen LogP contribution in [0.2, 0.25) is 5.02 Å². The summed E-state index contributed by atoms with van der Waals surface area (Å²) < 4.78 is 32.7. The molecule has 2 aromatic carbocycles. The van der Waals surface area contributed by atoms with E-state index in [2.05, 4.69) is 5.32 Å². The van der Waals surface area contributed by atoms with Crippen LogP contribution in [0, 0.1) is 11.6 Å². The van der Waals surface area contributed by atoms with Crippen molar-refractivity contribution in [2.75, 3.05) is 0 Å². The summed E-state index contributed by atoms with van der Waals surface area (Å²) in [6.45, 7) is 0.534. The van der Waals surface area contributed by atoms with Crippen LogP contribution in [0.1, 0.15) is 18.4 Å². The van der Waals surface area contributed by atoms with Gasteiger partial charge in [-0.3, -0.25) is 0 Å². The third-order valence-corrected chi connectivity index (χ3v) is 3.61. The molecule has 0 bridgehead atoms. The van der Waals surface area contributed by atoms with Gasteiger partial charge in [0.25, 0.3) is 0 Å². The van der Waals surface area contributed by atoms with Crippen LogP contribution in [0.25, 0.3) is 0 Å². The molecule has 0 aliphatic heterocycles. The van der Waals surface area contributed by atoms with Gasteiger partial charge in [-0.15, -0.1) is 0 Å². The van der Waals surface area contributed by atoms with E-state index in [1.807, 2.05) is 0 Å². The number of hydrogen-bond acceptors (Lipinski definition) is 2. The molecule has 1 aliphatic carbocycles. The van der Waals surface area contributed by atoms with Gasteiger partial charge in [0.05, 0.1) is 5.02 Å². The van der Waals surface area contributed by atoms with Crippen molar-refractivity contribution in [3.8, 4) is 11.5 Å². The van der Waals surface area contributed by atoms with Gasteiger partial charge in [-0.1, -0.05) is 23.7 Å². The molecule has 0 atom stereocenters. The highest BCUT2D eigenvalue weighted by Gasteiger charge is 2.21. The maximum Gasteiger partial charge on any atom is 0.167 e. The molecular formula is C16H14ClF2NO. The van der Waals surface area contributed by atoms with Gasteiger partial charge in [0, 0.05) is 24.2 Å². The van der Waals surface area contributed by atoms with E-state index in [0.29, 0.717) is 18.3 Å². The Morgan fingerprint density at radius 1 is 1.14 bits per heavy atom. The fourth-order valence-electron chi connectivity index (χ4n) is 2.01. The second kappa shape index (κ2) is 6.00. The lowest BCUT2D eigenvalue weighted by Crippen LogP contribution is -2.16. The summed E-state index contributed by atoms with van der Waals surface area (Å²) in [5, 5.41) is 3.26. The van der Waals surface area contributed by atoms with Crippen LogP contribution in [-0.2, 0) is 6.54 Å². The smallest absolute Gasteiger partial charge is 0.167 e. The number of ether oxygens (including phenoxy) is 1. The van der Waals surface area contributed by atoms with Gasteiger partial charge in [0.15, 0.2) is 11.6 Å².